The first-order valence-corrected chi connectivity index (χ1v) is 6.60. The molecule has 2 heterocycles. The Labute approximate surface area is 112 Å². The second kappa shape index (κ2) is 5.86. The number of nitrogens with zero attached hydrogens (tertiary/aromatic N) is 3. The summed E-state index contributed by atoms with van der Waals surface area (Å²) < 4.78 is 1.51. The molecule has 0 saturated carbocycles. The van der Waals surface area contributed by atoms with Gasteiger partial charge in [0, 0.05) is 19.3 Å². The SMILES string of the molecule is CC1CCCN(C(=O)c2cnn(CCC(=O)O)c2)C1. The molecule has 0 bridgehead atoms. The summed E-state index contributed by atoms with van der Waals surface area (Å²) in [5.41, 5.74) is 0.541. The van der Waals surface area contributed by atoms with Gasteiger partial charge in [0.2, 0.25) is 0 Å². The molecule has 1 amide bonds. The molecule has 1 aromatic heterocycles. The van der Waals surface area contributed by atoms with Crippen molar-refractivity contribution >= 4 is 11.9 Å². The maximum atomic E-state index is 12.3. The Morgan fingerprint density at radius 3 is 3.00 bits per heavy atom. The molecule has 0 radical (unpaired) electrons. The third-order valence-electron chi connectivity index (χ3n) is 3.38. The third kappa shape index (κ3) is 3.56. The van der Waals surface area contributed by atoms with Crippen LogP contribution < -0.4 is 0 Å². The number of hydrogen-bond acceptors (Lipinski definition) is 3. The second-order valence-corrected chi connectivity index (χ2v) is 5.13. The fourth-order valence-electron chi connectivity index (χ4n) is 2.36. The molecule has 2 rings (SSSR count). The summed E-state index contributed by atoms with van der Waals surface area (Å²) >= 11 is 0. The highest BCUT2D eigenvalue weighted by Gasteiger charge is 2.22. The van der Waals surface area contributed by atoms with Crippen molar-refractivity contribution in [2.75, 3.05) is 13.1 Å². The maximum absolute atomic E-state index is 12.3. The average Bonchev–Trinajstić information content (AvgIpc) is 2.84. The number of likely N-dealkylation sites (tertiary alicyclic amines) is 1. The van der Waals surface area contributed by atoms with Crippen molar-refractivity contribution in [2.45, 2.75) is 32.7 Å². The number of aryl methyl sites for hydroxylation is 1. The standard InChI is InChI=1S/C13H19N3O3/c1-10-3-2-5-15(8-10)13(19)11-7-14-16(9-11)6-4-12(17)18/h7,9-10H,2-6,8H2,1H3,(H,17,18). The number of carboxylic acids is 1. The summed E-state index contributed by atoms with van der Waals surface area (Å²) in [7, 11) is 0. The molecule has 19 heavy (non-hydrogen) atoms. The van der Waals surface area contributed by atoms with Crippen LogP contribution in [0.15, 0.2) is 12.4 Å². The molecule has 1 aliphatic rings. The lowest BCUT2D eigenvalue weighted by Crippen LogP contribution is -2.38. The predicted molar refractivity (Wildman–Crippen MR) is 68.8 cm³/mol. The van der Waals surface area contributed by atoms with Gasteiger partial charge in [-0.1, -0.05) is 6.92 Å². The van der Waals surface area contributed by atoms with E-state index >= 15 is 0 Å². The van der Waals surface area contributed by atoms with Gasteiger partial charge < -0.3 is 10.0 Å². The smallest absolute Gasteiger partial charge is 0.305 e. The van der Waals surface area contributed by atoms with Gasteiger partial charge in [-0.05, 0) is 18.8 Å². The van der Waals surface area contributed by atoms with Gasteiger partial charge in [-0.25, -0.2) is 0 Å². The van der Waals surface area contributed by atoms with Gasteiger partial charge in [0.15, 0.2) is 0 Å². The van der Waals surface area contributed by atoms with E-state index < -0.39 is 5.97 Å². The van der Waals surface area contributed by atoms with Crippen LogP contribution in [0, 0.1) is 5.92 Å². The van der Waals surface area contributed by atoms with Gasteiger partial charge in [0.05, 0.1) is 24.7 Å². The average molecular weight is 265 g/mol. The Balaban J connectivity index is 1.97. The number of amides is 1. The summed E-state index contributed by atoms with van der Waals surface area (Å²) in [5, 5.41) is 12.6. The summed E-state index contributed by atoms with van der Waals surface area (Å²) in [4.78, 5) is 24.6. The zero-order valence-corrected chi connectivity index (χ0v) is 11.1. The quantitative estimate of drug-likeness (QED) is 0.888. The van der Waals surface area contributed by atoms with Crippen LogP contribution in [0.5, 0.6) is 0 Å². The molecule has 1 saturated heterocycles. The molecule has 0 spiro atoms. The zero-order valence-electron chi connectivity index (χ0n) is 11.1. The fraction of sp³-hybridized carbons (Fsp3) is 0.615. The number of aromatic nitrogens is 2. The van der Waals surface area contributed by atoms with Crippen LogP contribution in [0.25, 0.3) is 0 Å². The first-order valence-electron chi connectivity index (χ1n) is 6.60. The second-order valence-electron chi connectivity index (χ2n) is 5.13. The Hall–Kier alpha value is -1.85. The third-order valence-corrected chi connectivity index (χ3v) is 3.38. The Bertz CT molecular complexity index is 469. The van der Waals surface area contributed by atoms with E-state index in [-0.39, 0.29) is 12.3 Å². The lowest BCUT2D eigenvalue weighted by Gasteiger charge is -2.30. The Kier molecular flexibility index (Phi) is 4.19. The number of carbonyl (C=O) groups is 2. The highest BCUT2D eigenvalue weighted by Crippen LogP contribution is 2.17. The number of carboxylic acid groups (broad SMARTS) is 1. The van der Waals surface area contributed by atoms with Crippen LogP contribution in [0.1, 0.15) is 36.5 Å². The van der Waals surface area contributed by atoms with E-state index in [0.29, 0.717) is 18.0 Å². The van der Waals surface area contributed by atoms with E-state index in [2.05, 4.69) is 12.0 Å². The van der Waals surface area contributed by atoms with E-state index in [9.17, 15) is 9.59 Å². The van der Waals surface area contributed by atoms with Crippen molar-refractivity contribution in [3.8, 4) is 0 Å². The Morgan fingerprint density at radius 2 is 2.32 bits per heavy atom. The monoisotopic (exact) mass is 265 g/mol. The fourth-order valence-corrected chi connectivity index (χ4v) is 2.36. The van der Waals surface area contributed by atoms with Gasteiger partial charge in [-0.15, -0.1) is 0 Å². The van der Waals surface area contributed by atoms with Crippen molar-refractivity contribution in [2.24, 2.45) is 5.92 Å². The summed E-state index contributed by atoms with van der Waals surface area (Å²) in [6, 6.07) is 0. The van der Waals surface area contributed by atoms with Gasteiger partial charge in [-0.3, -0.25) is 14.3 Å². The van der Waals surface area contributed by atoms with E-state index in [1.807, 2.05) is 4.90 Å². The highest BCUT2D eigenvalue weighted by molar-refractivity contribution is 5.93. The van der Waals surface area contributed by atoms with E-state index in [0.717, 1.165) is 19.5 Å². The molecule has 1 unspecified atom stereocenters. The molecule has 1 fully saturated rings. The maximum Gasteiger partial charge on any atom is 0.305 e. The normalized spacial score (nSPS) is 19.4. The molecule has 104 valence electrons. The van der Waals surface area contributed by atoms with Crippen molar-refractivity contribution in [1.29, 1.82) is 0 Å². The number of aliphatic carboxylic acids is 1. The van der Waals surface area contributed by atoms with Gasteiger partial charge >= 0.3 is 5.97 Å². The van der Waals surface area contributed by atoms with E-state index in [1.165, 1.54) is 17.3 Å². The molecule has 1 aliphatic heterocycles. The highest BCUT2D eigenvalue weighted by atomic mass is 16.4. The number of rotatable bonds is 4. The van der Waals surface area contributed by atoms with Crippen LogP contribution in [0.2, 0.25) is 0 Å². The summed E-state index contributed by atoms with van der Waals surface area (Å²) in [6.45, 7) is 4.03. The molecule has 1 N–H and O–H groups in total. The van der Waals surface area contributed by atoms with Crippen molar-refractivity contribution in [1.82, 2.24) is 14.7 Å². The number of carbonyl (C=O) groups excluding carboxylic acids is 1. The minimum atomic E-state index is -0.867. The summed E-state index contributed by atoms with van der Waals surface area (Å²) in [6.07, 6.45) is 5.37. The Morgan fingerprint density at radius 1 is 1.53 bits per heavy atom. The van der Waals surface area contributed by atoms with Crippen LogP contribution in [-0.4, -0.2) is 44.8 Å². The molecule has 6 heteroatoms. The zero-order chi connectivity index (χ0) is 13.8. The van der Waals surface area contributed by atoms with Gasteiger partial charge in [0.1, 0.15) is 0 Å². The molecule has 6 nitrogen and oxygen atoms in total. The first kappa shape index (κ1) is 13.6. The molecule has 1 aromatic rings. The van der Waals surface area contributed by atoms with Crippen molar-refractivity contribution in [3.63, 3.8) is 0 Å². The predicted octanol–water partition coefficient (Wildman–Crippen LogP) is 1.23. The van der Waals surface area contributed by atoms with Crippen LogP contribution in [-0.2, 0) is 11.3 Å². The molecule has 0 aromatic carbocycles. The molecular weight excluding hydrogens is 246 g/mol. The van der Waals surface area contributed by atoms with E-state index in [1.54, 1.807) is 6.20 Å². The first-order chi connectivity index (χ1) is 9.06. The number of piperidine rings is 1. The minimum absolute atomic E-state index is 0.00637. The topological polar surface area (TPSA) is 75.4 Å². The van der Waals surface area contributed by atoms with Crippen molar-refractivity contribution in [3.05, 3.63) is 18.0 Å². The van der Waals surface area contributed by atoms with Crippen LogP contribution in [0.3, 0.4) is 0 Å². The van der Waals surface area contributed by atoms with Gasteiger partial charge in [-0.2, -0.15) is 5.10 Å². The minimum Gasteiger partial charge on any atom is -0.481 e. The van der Waals surface area contributed by atoms with Crippen molar-refractivity contribution < 1.29 is 14.7 Å². The van der Waals surface area contributed by atoms with E-state index in [4.69, 9.17) is 5.11 Å². The van der Waals surface area contributed by atoms with Gasteiger partial charge in [0.25, 0.3) is 5.91 Å². The largest absolute Gasteiger partial charge is 0.481 e. The molecule has 0 aliphatic carbocycles. The molecular formula is C13H19N3O3. The lowest BCUT2D eigenvalue weighted by atomic mass is 10.00. The lowest BCUT2D eigenvalue weighted by molar-refractivity contribution is -0.137. The number of hydrogen-bond donors (Lipinski definition) is 1. The molecule has 1 atom stereocenters. The summed E-state index contributed by atoms with van der Waals surface area (Å²) in [5.74, 6) is -0.332. The van der Waals surface area contributed by atoms with Crippen LogP contribution >= 0.6 is 0 Å². The van der Waals surface area contributed by atoms with Crippen LogP contribution in [0.4, 0.5) is 0 Å².